The molecular formula is C27H38N4O4. The van der Waals surface area contributed by atoms with Crippen LogP contribution in [-0.2, 0) is 25.5 Å². The molecule has 1 aromatic heterocycles. The van der Waals surface area contributed by atoms with Gasteiger partial charge < -0.3 is 29.3 Å². The number of carbonyl (C=O) groups excluding carboxylic acids is 1. The van der Waals surface area contributed by atoms with Crippen molar-refractivity contribution in [3.05, 3.63) is 42.1 Å². The van der Waals surface area contributed by atoms with E-state index in [1.54, 1.807) is 20.4 Å². The fourth-order valence-electron chi connectivity index (χ4n) is 5.45. The zero-order valence-electron chi connectivity index (χ0n) is 20.7. The Morgan fingerprint density at radius 1 is 1.23 bits per heavy atom. The van der Waals surface area contributed by atoms with Gasteiger partial charge in [0.15, 0.2) is 0 Å². The van der Waals surface area contributed by atoms with Crippen LogP contribution in [0.15, 0.2) is 36.5 Å². The normalized spacial score (nSPS) is 24.2. The van der Waals surface area contributed by atoms with Crippen molar-refractivity contribution in [2.75, 3.05) is 55.6 Å². The van der Waals surface area contributed by atoms with Crippen molar-refractivity contribution < 1.29 is 20.4 Å². The maximum atomic E-state index is 13.9. The lowest BCUT2D eigenvalue weighted by atomic mass is 9.86. The standard InChI is InChI=1S/C27H36N4O4.H2/c1-33-14-11-23-18-30(13-15-35-23)21-7-10-24-25(16-21)31(17-20-4-3-12-28-26(20)29-24)27(32)19-5-8-22(34-2)9-6-19;/h3-4,7,10,12,16,19,22-23H,5-6,8-9,11,13-15,17-18H2,1-2H3,(H,28,29);1H. The lowest BCUT2D eigenvalue weighted by molar-refractivity contribution is -0.124. The summed E-state index contributed by atoms with van der Waals surface area (Å²) < 4.78 is 16.7. The number of aromatic nitrogens is 1. The summed E-state index contributed by atoms with van der Waals surface area (Å²) >= 11 is 0. The Hall–Kier alpha value is -2.68. The quantitative estimate of drug-likeness (QED) is 0.655. The van der Waals surface area contributed by atoms with Gasteiger partial charge in [-0.1, -0.05) is 6.07 Å². The van der Waals surface area contributed by atoms with Crippen molar-refractivity contribution in [3.63, 3.8) is 0 Å². The number of methoxy groups -OCH3 is 2. The summed E-state index contributed by atoms with van der Waals surface area (Å²) in [6.07, 6.45) is 6.65. The first-order valence-corrected chi connectivity index (χ1v) is 12.7. The lowest BCUT2D eigenvalue weighted by Crippen LogP contribution is -2.43. The summed E-state index contributed by atoms with van der Waals surface area (Å²) in [6, 6.07) is 10.3. The van der Waals surface area contributed by atoms with Gasteiger partial charge in [-0.2, -0.15) is 0 Å². The van der Waals surface area contributed by atoms with Gasteiger partial charge in [0, 0.05) is 58.7 Å². The van der Waals surface area contributed by atoms with E-state index in [-0.39, 0.29) is 25.5 Å². The van der Waals surface area contributed by atoms with Crippen LogP contribution in [0, 0.1) is 5.92 Å². The Balaban J connectivity index is 0.00000304. The van der Waals surface area contributed by atoms with Gasteiger partial charge in [0.2, 0.25) is 5.91 Å². The highest BCUT2D eigenvalue weighted by Gasteiger charge is 2.33. The molecule has 0 bridgehead atoms. The molecule has 1 saturated carbocycles. The van der Waals surface area contributed by atoms with Gasteiger partial charge in [-0.3, -0.25) is 4.79 Å². The van der Waals surface area contributed by atoms with Crippen LogP contribution in [0.5, 0.6) is 0 Å². The summed E-state index contributed by atoms with van der Waals surface area (Å²) in [6.45, 7) is 3.52. The van der Waals surface area contributed by atoms with E-state index >= 15 is 0 Å². The second kappa shape index (κ2) is 10.9. The fraction of sp³-hybridized carbons (Fsp3) is 0.556. The van der Waals surface area contributed by atoms with Gasteiger partial charge in [0.1, 0.15) is 5.82 Å². The minimum Gasteiger partial charge on any atom is -0.385 e. The Labute approximate surface area is 209 Å². The van der Waals surface area contributed by atoms with Crippen molar-refractivity contribution in [2.24, 2.45) is 5.92 Å². The van der Waals surface area contributed by atoms with Gasteiger partial charge in [0.25, 0.3) is 0 Å². The van der Waals surface area contributed by atoms with Crippen LogP contribution in [0.3, 0.4) is 0 Å². The number of ether oxygens (including phenoxy) is 3. The molecule has 1 amide bonds. The molecule has 1 saturated heterocycles. The number of benzene rings is 1. The molecule has 3 heterocycles. The first-order valence-electron chi connectivity index (χ1n) is 12.7. The largest absolute Gasteiger partial charge is 0.385 e. The highest BCUT2D eigenvalue weighted by molar-refractivity contribution is 6.00. The third kappa shape index (κ3) is 5.29. The fourth-order valence-corrected chi connectivity index (χ4v) is 5.45. The monoisotopic (exact) mass is 482 g/mol. The van der Waals surface area contributed by atoms with E-state index in [1.165, 1.54) is 0 Å². The Bertz CT molecular complexity index is 1030. The van der Waals surface area contributed by atoms with Gasteiger partial charge in [0.05, 0.1) is 36.7 Å². The zero-order chi connectivity index (χ0) is 24.2. The van der Waals surface area contributed by atoms with Crippen molar-refractivity contribution in [2.45, 2.75) is 50.9 Å². The molecule has 1 unspecified atom stereocenters. The number of fused-ring (bicyclic) bond motifs is 2. The highest BCUT2D eigenvalue weighted by Crippen LogP contribution is 2.40. The predicted molar refractivity (Wildman–Crippen MR) is 138 cm³/mol. The molecule has 8 heteroatoms. The third-order valence-electron chi connectivity index (χ3n) is 7.52. The van der Waals surface area contributed by atoms with Crippen LogP contribution < -0.4 is 15.1 Å². The van der Waals surface area contributed by atoms with Crippen LogP contribution in [0.4, 0.5) is 22.9 Å². The predicted octanol–water partition coefficient (Wildman–Crippen LogP) is 4.36. The SMILES string of the molecule is COCCC1CN(c2ccc3c(c2)N(C(=O)C2CCC(OC)CC2)Cc2cccnc2N3)CCO1.[HH]. The van der Waals surface area contributed by atoms with Crippen LogP contribution in [0.2, 0.25) is 0 Å². The molecule has 2 fully saturated rings. The molecule has 2 aliphatic heterocycles. The summed E-state index contributed by atoms with van der Waals surface area (Å²) in [4.78, 5) is 22.8. The minimum atomic E-state index is 0. The summed E-state index contributed by atoms with van der Waals surface area (Å²) in [5.41, 5.74) is 3.96. The molecule has 1 atom stereocenters. The third-order valence-corrected chi connectivity index (χ3v) is 7.52. The minimum absolute atomic E-state index is 0. The van der Waals surface area contributed by atoms with E-state index in [9.17, 15) is 4.79 Å². The lowest BCUT2D eigenvalue weighted by Gasteiger charge is -2.36. The van der Waals surface area contributed by atoms with Crippen molar-refractivity contribution >= 4 is 28.8 Å². The number of hydrogen-bond acceptors (Lipinski definition) is 7. The molecule has 1 aromatic carbocycles. The van der Waals surface area contributed by atoms with Crippen LogP contribution in [-0.4, -0.2) is 63.6 Å². The van der Waals surface area contributed by atoms with E-state index in [1.807, 2.05) is 17.0 Å². The molecular weight excluding hydrogens is 444 g/mol. The summed E-state index contributed by atoms with van der Waals surface area (Å²) in [7, 11) is 3.49. The van der Waals surface area contributed by atoms with Gasteiger partial charge >= 0.3 is 0 Å². The molecule has 1 N–H and O–H groups in total. The first-order chi connectivity index (χ1) is 17.2. The molecule has 0 spiro atoms. The Kier molecular flexibility index (Phi) is 7.51. The topological polar surface area (TPSA) is 76.2 Å². The van der Waals surface area contributed by atoms with Crippen molar-refractivity contribution in [1.29, 1.82) is 0 Å². The number of nitrogens with zero attached hydrogens (tertiary/aromatic N) is 3. The number of hydrogen-bond donors (Lipinski definition) is 1. The second-order valence-corrected chi connectivity index (χ2v) is 9.69. The van der Waals surface area contributed by atoms with Gasteiger partial charge in [-0.15, -0.1) is 0 Å². The molecule has 8 nitrogen and oxygen atoms in total. The maximum Gasteiger partial charge on any atom is 0.230 e. The smallest absolute Gasteiger partial charge is 0.230 e. The average Bonchev–Trinajstić information content (AvgIpc) is 3.08. The van der Waals surface area contributed by atoms with Crippen LogP contribution in [0.1, 0.15) is 39.1 Å². The number of morpholine rings is 1. The number of nitrogens with one attached hydrogen (secondary N) is 1. The maximum absolute atomic E-state index is 13.9. The zero-order valence-corrected chi connectivity index (χ0v) is 20.7. The number of anilines is 4. The van der Waals surface area contributed by atoms with E-state index in [0.29, 0.717) is 19.8 Å². The molecule has 1 aliphatic carbocycles. The number of pyridine rings is 1. The highest BCUT2D eigenvalue weighted by atomic mass is 16.5. The van der Waals surface area contributed by atoms with Gasteiger partial charge in [-0.05, 0) is 56.4 Å². The second-order valence-electron chi connectivity index (χ2n) is 9.69. The first kappa shape index (κ1) is 24.0. The van der Waals surface area contributed by atoms with Gasteiger partial charge in [-0.25, -0.2) is 4.98 Å². The van der Waals surface area contributed by atoms with Crippen molar-refractivity contribution in [3.8, 4) is 0 Å². The van der Waals surface area contributed by atoms with E-state index in [0.717, 1.165) is 73.6 Å². The average molecular weight is 483 g/mol. The van der Waals surface area contributed by atoms with E-state index in [4.69, 9.17) is 14.2 Å². The molecule has 3 aliphatic rings. The molecule has 35 heavy (non-hydrogen) atoms. The van der Waals surface area contributed by atoms with Crippen molar-refractivity contribution in [1.82, 2.24) is 4.98 Å². The summed E-state index contributed by atoms with van der Waals surface area (Å²) in [5, 5.41) is 3.49. The Morgan fingerprint density at radius 3 is 2.89 bits per heavy atom. The summed E-state index contributed by atoms with van der Waals surface area (Å²) in [5.74, 6) is 1.01. The Morgan fingerprint density at radius 2 is 2.09 bits per heavy atom. The van der Waals surface area contributed by atoms with Crippen LogP contribution in [0.25, 0.3) is 0 Å². The molecule has 0 radical (unpaired) electrons. The molecule has 190 valence electrons. The molecule has 5 rings (SSSR count). The number of rotatable bonds is 6. The van der Waals surface area contributed by atoms with Crippen LogP contribution >= 0.6 is 0 Å². The van der Waals surface area contributed by atoms with E-state index < -0.39 is 0 Å². The molecule has 2 aromatic rings. The number of amides is 1. The van der Waals surface area contributed by atoms with E-state index in [2.05, 4.69) is 33.4 Å². The number of carbonyl (C=O) groups is 1.